The molecule has 0 saturated carbocycles. The van der Waals surface area contributed by atoms with Gasteiger partial charge in [0.2, 0.25) is 5.95 Å². The lowest BCUT2D eigenvalue weighted by Gasteiger charge is -2.09. The number of carboxylic acids is 1. The Balaban J connectivity index is 1.82. The molecule has 8 heteroatoms. The monoisotopic (exact) mass is 353 g/mol. The van der Waals surface area contributed by atoms with Crippen molar-refractivity contribution in [3.63, 3.8) is 0 Å². The third-order valence-corrected chi connectivity index (χ3v) is 4.00. The molecule has 25 heavy (non-hydrogen) atoms. The molecule has 0 aliphatic heterocycles. The average molecular weight is 354 g/mol. The predicted molar refractivity (Wildman–Crippen MR) is 94.0 cm³/mol. The van der Waals surface area contributed by atoms with E-state index in [1.165, 1.54) is 10.6 Å². The first-order valence-electron chi connectivity index (χ1n) is 7.47. The summed E-state index contributed by atoms with van der Waals surface area (Å²) in [6.07, 6.45) is 3.28. The molecule has 0 bridgehead atoms. The zero-order valence-electron chi connectivity index (χ0n) is 12.8. The van der Waals surface area contributed by atoms with Crippen molar-refractivity contribution in [2.24, 2.45) is 0 Å². The number of fused-ring (bicyclic) bond motifs is 3. The molecular weight excluding hydrogens is 342 g/mol. The minimum atomic E-state index is -1.10. The van der Waals surface area contributed by atoms with E-state index < -0.39 is 5.97 Å². The maximum Gasteiger partial charge on any atom is 0.356 e. The summed E-state index contributed by atoms with van der Waals surface area (Å²) >= 11 is 6.00. The number of carbonyl (C=O) groups is 1. The van der Waals surface area contributed by atoms with Gasteiger partial charge in [-0.25, -0.2) is 9.78 Å². The number of hydrogen-bond donors (Lipinski definition) is 2. The van der Waals surface area contributed by atoms with Crippen LogP contribution in [0, 0.1) is 0 Å². The minimum absolute atomic E-state index is 0.0519. The molecule has 124 valence electrons. The Morgan fingerprint density at radius 1 is 1.28 bits per heavy atom. The molecule has 3 heterocycles. The third-order valence-electron chi connectivity index (χ3n) is 3.77. The summed E-state index contributed by atoms with van der Waals surface area (Å²) in [5.41, 5.74) is 2.25. The van der Waals surface area contributed by atoms with Gasteiger partial charge in [0.15, 0.2) is 5.69 Å². The fraction of sp³-hybridized carbons (Fsp3) is 0.0588. The highest BCUT2D eigenvalue weighted by molar-refractivity contribution is 6.30. The molecule has 1 aromatic carbocycles. The van der Waals surface area contributed by atoms with Crippen LogP contribution in [0.1, 0.15) is 16.1 Å². The quantitative estimate of drug-likeness (QED) is 0.585. The number of halogens is 1. The lowest BCUT2D eigenvalue weighted by molar-refractivity contribution is 0.0690. The van der Waals surface area contributed by atoms with Crippen molar-refractivity contribution in [3.05, 3.63) is 65.1 Å². The second kappa shape index (κ2) is 6.03. The first kappa shape index (κ1) is 15.3. The Morgan fingerprint density at radius 3 is 2.96 bits per heavy atom. The van der Waals surface area contributed by atoms with E-state index in [0.29, 0.717) is 28.5 Å². The third kappa shape index (κ3) is 2.85. The average Bonchev–Trinajstić information content (AvgIpc) is 3.06. The van der Waals surface area contributed by atoms with Crippen LogP contribution in [0.4, 0.5) is 5.95 Å². The van der Waals surface area contributed by atoms with E-state index in [0.717, 1.165) is 10.9 Å². The van der Waals surface area contributed by atoms with Crippen LogP contribution in [0.25, 0.3) is 16.4 Å². The number of carboxylic acid groups (broad SMARTS) is 1. The molecule has 3 aromatic heterocycles. The SMILES string of the molecule is O=C(O)c1cc2c3cnccc3nc(NCc3cccc(Cl)c3)n2n1. The second-order valence-corrected chi connectivity index (χ2v) is 5.88. The van der Waals surface area contributed by atoms with Crippen LogP contribution in [-0.4, -0.2) is 30.7 Å². The fourth-order valence-corrected chi connectivity index (χ4v) is 2.84. The predicted octanol–water partition coefficient (Wildman–Crippen LogP) is 3.24. The van der Waals surface area contributed by atoms with E-state index in [-0.39, 0.29) is 5.69 Å². The van der Waals surface area contributed by atoms with Gasteiger partial charge in [-0.2, -0.15) is 9.61 Å². The molecule has 0 spiro atoms. The number of rotatable bonds is 4. The van der Waals surface area contributed by atoms with Crippen LogP contribution in [-0.2, 0) is 6.54 Å². The molecular formula is C17H12ClN5O2. The maximum absolute atomic E-state index is 11.3. The Morgan fingerprint density at radius 2 is 2.16 bits per heavy atom. The zero-order chi connectivity index (χ0) is 17.4. The summed E-state index contributed by atoms with van der Waals surface area (Å²) in [6.45, 7) is 0.474. The van der Waals surface area contributed by atoms with Gasteiger partial charge in [0.05, 0.1) is 11.0 Å². The molecule has 4 rings (SSSR count). The van der Waals surface area contributed by atoms with Crippen LogP contribution in [0.5, 0.6) is 0 Å². The van der Waals surface area contributed by atoms with Gasteiger partial charge in [0.25, 0.3) is 0 Å². The van der Waals surface area contributed by atoms with Crippen LogP contribution < -0.4 is 5.32 Å². The summed E-state index contributed by atoms with van der Waals surface area (Å²) in [5.74, 6) is -0.650. The smallest absolute Gasteiger partial charge is 0.356 e. The van der Waals surface area contributed by atoms with Crippen molar-refractivity contribution >= 4 is 39.9 Å². The molecule has 4 aromatic rings. The van der Waals surface area contributed by atoms with E-state index in [4.69, 9.17) is 11.6 Å². The van der Waals surface area contributed by atoms with Crippen LogP contribution >= 0.6 is 11.6 Å². The van der Waals surface area contributed by atoms with Gasteiger partial charge in [-0.15, -0.1) is 0 Å². The zero-order valence-corrected chi connectivity index (χ0v) is 13.6. The van der Waals surface area contributed by atoms with Gasteiger partial charge in [0.1, 0.15) is 0 Å². The Bertz CT molecular complexity index is 1110. The van der Waals surface area contributed by atoms with Crippen LogP contribution in [0.15, 0.2) is 48.8 Å². The van der Waals surface area contributed by atoms with Gasteiger partial charge >= 0.3 is 5.97 Å². The number of pyridine rings is 1. The van der Waals surface area contributed by atoms with E-state index >= 15 is 0 Å². The van der Waals surface area contributed by atoms with Crippen molar-refractivity contribution in [2.75, 3.05) is 5.32 Å². The number of nitrogens with zero attached hydrogens (tertiary/aromatic N) is 4. The first-order chi connectivity index (χ1) is 12.1. The fourth-order valence-electron chi connectivity index (χ4n) is 2.62. The highest BCUT2D eigenvalue weighted by Gasteiger charge is 2.15. The largest absolute Gasteiger partial charge is 0.476 e. The standard InChI is InChI=1S/C17H12ClN5O2/c18-11-3-1-2-10(6-11)8-20-17-21-13-4-5-19-9-12(13)15-7-14(16(24)25)22-23(15)17/h1-7,9H,8H2,(H,20,21)(H,24,25). The van der Waals surface area contributed by atoms with Gasteiger partial charge in [0, 0.05) is 29.3 Å². The van der Waals surface area contributed by atoms with E-state index in [1.54, 1.807) is 24.5 Å². The van der Waals surface area contributed by atoms with Crippen molar-refractivity contribution < 1.29 is 9.90 Å². The van der Waals surface area contributed by atoms with Gasteiger partial charge in [-0.1, -0.05) is 23.7 Å². The Hall–Kier alpha value is -3.19. The van der Waals surface area contributed by atoms with E-state index in [9.17, 15) is 9.90 Å². The topological polar surface area (TPSA) is 92.4 Å². The molecule has 0 fully saturated rings. The second-order valence-electron chi connectivity index (χ2n) is 5.44. The molecule has 7 nitrogen and oxygen atoms in total. The van der Waals surface area contributed by atoms with Crippen molar-refractivity contribution in [1.29, 1.82) is 0 Å². The number of anilines is 1. The van der Waals surface area contributed by atoms with Crippen molar-refractivity contribution in [3.8, 4) is 0 Å². The molecule has 0 aliphatic rings. The van der Waals surface area contributed by atoms with Crippen molar-refractivity contribution in [1.82, 2.24) is 19.6 Å². The number of nitrogens with one attached hydrogen (secondary N) is 1. The van der Waals surface area contributed by atoms with E-state index in [1.807, 2.05) is 18.2 Å². The normalized spacial score (nSPS) is 11.1. The molecule has 0 saturated heterocycles. The molecule has 0 aliphatic carbocycles. The summed E-state index contributed by atoms with van der Waals surface area (Å²) in [6, 6.07) is 10.7. The first-order valence-corrected chi connectivity index (χ1v) is 7.85. The van der Waals surface area contributed by atoms with Gasteiger partial charge in [-0.05, 0) is 29.8 Å². The molecule has 0 atom stereocenters. The van der Waals surface area contributed by atoms with E-state index in [2.05, 4.69) is 20.4 Å². The number of hydrogen-bond acceptors (Lipinski definition) is 5. The van der Waals surface area contributed by atoms with Crippen molar-refractivity contribution in [2.45, 2.75) is 6.54 Å². The number of aromatic carboxylic acids is 1. The van der Waals surface area contributed by atoms with Crippen LogP contribution in [0.3, 0.4) is 0 Å². The Kier molecular flexibility index (Phi) is 3.70. The molecule has 0 radical (unpaired) electrons. The summed E-state index contributed by atoms with van der Waals surface area (Å²) in [5, 5.41) is 17.9. The van der Waals surface area contributed by atoms with Gasteiger partial charge < -0.3 is 10.4 Å². The summed E-state index contributed by atoms with van der Waals surface area (Å²) < 4.78 is 1.48. The summed E-state index contributed by atoms with van der Waals surface area (Å²) in [4.78, 5) is 19.9. The Labute approximate surface area is 146 Å². The molecule has 0 amide bonds. The summed E-state index contributed by atoms with van der Waals surface area (Å²) in [7, 11) is 0. The maximum atomic E-state index is 11.3. The highest BCUT2D eigenvalue weighted by atomic mass is 35.5. The van der Waals surface area contributed by atoms with Crippen LogP contribution in [0.2, 0.25) is 5.02 Å². The minimum Gasteiger partial charge on any atom is -0.476 e. The lowest BCUT2D eigenvalue weighted by Crippen LogP contribution is -2.08. The van der Waals surface area contributed by atoms with Gasteiger partial charge in [-0.3, -0.25) is 4.98 Å². The molecule has 2 N–H and O–H groups in total. The number of benzene rings is 1. The molecule has 0 unspecified atom stereocenters. The lowest BCUT2D eigenvalue weighted by atomic mass is 10.2. The highest BCUT2D eigenvalue weighted by Crippen LogP contribution is 2.22. The number of aromatic nitrogens is 4.